The van der Waals surface area contributed by atoms with Gasteiger partial charge in [-0.2, -0.15) is 0 Å². The number of carbonyl (C=O) groups excluding carboxylic acids is 1. The Morgan fingerprint density at radius 3 is 2.80 bits per heavy atom. The fourth-order valence-electron chi connectivity index (χ4n) is 2.04. The van der Waals surface area contributed by atoms with Gasteiger partial charge in [-0.3, -0.25) is 4.79 Å². The zero-order chi connectivity index (χ0) is 14.5. The molecule has 2 unspecified atom stereocenters. The molecule has 2 atom stereocenters. The van der Waals surface area contributed by atoms with Crippen LogP contribution in [0, 0.1) is 5.92 Å². The molecule has 0 heterocycles. The molecule has 2 rings (SSSR count). The molecule has 0 bridgehead atoms. The van der Waals surface area contributed by atoms with Crippen LogP contribution in [0.3, 0.4) is 0 Å². The van der Waals surface area contributed by atoms with E-state index in [0.29, 0.717) is 17.7 Å². The molecular formula is C15H16N2O3. The molecule has 0 aromatic heterocycles. The standard InChI is InChI=1S/C15H16N2O3/c16-12-6-5-11(9-12)15(20)17-13-3-1-2-10(8-13)4-7-14(18)19/h1-8,11-12H,9,16H2,(H,17,20)(H,18,19)/b7-4+. The molecule has 20 heavy (non-hydrogen) atoms. The first kappa shape index (κ1) is 14.0. The summed E-state index contributed by atoms with van der Waals surface area (Å²) in [7, 11) is 0. The SMILES string of the molecule is NC1C=CC(C(=O)Nc2cccc(/C=C/C(=O)O)c2)C1. The van der Waals surface area contributed by atoms with Gasteiger partial charge in [0.1, 0.15) is 0 Å². The monoisotopic (exact) mass is 272 g/mol. The number of rotatable bonds is 4. The topological polar surface area (TPSA) is 92.4 Å². The molecule has 0 fully saturated rings. The Morgan fingerprint density at radius 2 is 2.15 bits per heavy atom. The van der Waals surface area contributed by atoms with Gasteiger partial charge >= 0.3 is 5.97 Å². The molecule has 0 spiro atoms. The van der Waals surface area contributed by atoms with E-state index < -0.39 is 5.97 Å². The van der Waals surface area contributed by atoms with Crippen LogP contribution in [0.5, 0.6) is 0 Å². The largest absolute Gasteiger partial charge is 0.478 e. The summed E-state index contributed by atoms with van der Waals surface area (Å²) in [6.45, 7) is 0. The van der Waals surface area contributed by atoms with Gasteiger partial charge in [0.2, 0.25) is 5.91 Å². The van der Waals surface area contributed by atoms with Gasteiger partial charge in [0.05, 0.1) is 5.92 Å². The molecule has 1 aliphatic rings. The number of carboxylic acid groups (broad SMARTS) is 1. The van der Waals surface area contributed by atoms with Crippen molar-refractivity contribution in [1.82, 2.24) is 0 Å². The number of hydrogen-bond donors (Lipinski definition) is 3. The number of benzene rings is 1. The summed E-state index contributed by atoms with van der Waals surface area (Å²) in [4.78, 5) is 22.5. The number of carbonyl (C=O) groups is 2. The van der Waals surface area contributed by atoms with Crippen LogP contribution in [-0.2, 0) is 9.59 Å². The molecule has 1 aromatic carbocycles. The van der Waals surface area contributed by atoms with E-state index in [9.17, 15) is 9.59 Å². The lowest BCUT2D eigenvalue weighted by atomic mass is 10.1. The maximum absolute atomic E-state index is 12.0. The number of amides is 1. The Hall–Kier alpha value is -2.40. The quantitative estimate of drug-likeness (QED) is 0.573. The van der Waals surface area contributed by atoms with Gasteiger partial charge in [-0.05, 0) is 30.2 Å². The molecule has 0 aliphatic heterocycles. The molecule has 5 nitrogen and oxygen atoms in total. The normalized spacial score (nSPS) is 21.2. The van der Waals surface area contributed by atoms with Crippen molar-refractivity contribution in [3.63, 3.8) is 0 Å². The summed E-state index contributed by atoms with van der Waals surface area (Å²) in [5.41, 5.74) is 7.06. The van der Waals surface area contributed by atoms with E-state index in [2.05, 4.69) is 5.32 Å². The van der Waals surface area contributed by atoms with E-state index in [0.717, 1.165) is 6.08 Å². The van der Waals surface area contributed by atoms with Crippen molar-refractivity contribution in [2.45, 2.75) is 12.5 Å². The molecule has 104 valence electrons. The van der Waals surface area contributed by atoms with Crippen LogP contribution in [0.15, 0.2) is 42.5 Å². The Kier molecular flexibility index (Phi) is 4.32. The first-order valence-electron chi connectivity index (χ1n) is 6.30. The van der Waals surface area contributed by atoms with Crippen LogP contribution >= 0.6 is 0 Å². The third-order valence-corrected chi connectivity index (χ3v) is 3.03. The number of aliphatic carboxylic acids is 1. The minimum Gasteiger partial charge on any atom is -0.478 e. The van der Waals surface area contributed by atoms with Gasteiger partial charge in [-0.1, -0.05) is 24.3 Å². The summed E-state index contributed by atoms with van der Waals surface area (Å²) in [6, 6.07) is 6.94. The molecule has 0 saturated carbocycles. The number of nitrogens with one attached hydrogen (secondary N) is 1. The lowest BCUT2D eigenvalue weighted by Crippen LogP contribution is -2.23. The lowest BCUT2D eigenvalue weighted by Gasteiger charge is -2.10. The molecule has 5 heteroatoms. The maximum Gasteiger partial charge on any atom is 0.328 e. The van der Waals surface area contributed by atoms with Crippen LogP contribution in [0.1, 0.15) is 12.0 Å². The highest BCUT2D eigenvalue weighted by Crippen LogP contribution is 2.19. The van der Waals surface area contributed by atoms with E-state index in [1.54, 1.807) is 24.3 Å². The summed E-state index contributed by atoms with van der Waals surface area (Å²) >= 11 is 0. The lowest BCUT2D eigenvalue weighted by molar-refractivity contribution is -0.131. The van der Waals surface area contributed by atoms with E-state index in [4.69, 9.17) is 10.8 Å². The highest BCUT2D eigenvalue weighted by molar-refractivity contribution is 5.94. The first-order chi connectivity index (χ1) is 9.54. The highest BCUT2D eigenvalue weighted by atomic mass is 16.4. The summed E-state index contributed by atoms with van der Waals surface area (Å²) in [6.07, 6.45) is 6.79. The molecule has 0 radical (unpaired) electrons. The van der Waals surface area contributed by atoms with Crippen molar-refractivity contribution >= 4 is 23.6 Å². The van der Waals surface area contributed by atoms with Gasteiger partial charge < -0.3 is 16.2 Å². The van der Waals surface area contributed by atoms with Gasteiger partial charge in [0.25, 0.3) is 0 Å². The van der Waals surface area contributed by atoms with Gasteiger partial charge in [0.15, 0.2) is 0 Å². The van der Waals surface area contributed by atoms with Crippen LogP contribution in [-0.4, -0.2) is 23.0 Å². The average molecular weight is 272 g/mol. The van der Waals surface area contributed by atoms with Crippen molar-refractivity contribution in [3.05, 3.63) is 48.1 Å². The fourth-order valence-corrected chi connectivity index (χ4v) is 2.04. The van der Waals surface area contributed by atoms with Crippen LogP contribution in [0.2, 0.25) is 0 Å². The first-order valence-corrected chi connectivity index (χ1v) is 6.30. The predicted octanol–water partition coefficient (Wildman–Crippen LogP) is 1.63. The second-order valence-corrected chi connectivity index (χ2v) is 4.68. The third kappa shape index (κ3) is 3.80. The van der Waals surface area contributed by atoms with E-state index in [1.807, 2.05) is 12.2 Å². The molecule has 1 aromatic rings. The zero-order valence-electron chi connectivity index (χ0n) is 10.8. The van der Waals surface area contributed by atoms with Gasteiger partial charge in [-0.25, -0.2) is 4.79 Å². The second kappa shape index (κ2) is 6.16. The third-order valence-electron chi connectivity index (χ3n) is 3.03. The van der Waals surface area contributed by atoms with E-state index in [-0.39, 0.29) is 17.9 Å². The highest BCUT2D eigenvalue weighted by Gasteiger charge is 2.22. The second-order valence-electron chi connectivity index (χ2n) is 4.68. The number of anilines is 1. The molecular weight excluding hydrogens is 256 g/mol. The summed E-state index contributed by atoms with van der Waals surface area (Å²) < 4.78 is 0. The number of carboxylic acids is 1. The van der Waals surface area contributed by atoms with Crippen molar-refractivity contribution in [3.8, 4) is 0 Å². The smallest absolute Gasteiger partial charge is 0.328 e. The predicted molar refractivity (Wildman–Crippen MR) is 77.0 cm³/mol. The Labute approximate surface area is 116 Å². The van der Waals surface area contributed by atoms with E-state index in [1.165, 1.54) is 6.08 Å². The number of nitrogens with two attached hydrogens (primary N) is 1. The Balaban J connectivity index is 2.03. The average Bonchev–Trinajstić information content (AvgIpc) is 2.84. The molecule has 1 aliphatic carbocycles. The van der Waals surface area contributed by atoms with Gasteiger partial charge in [0, 0.05) is 17.8 Å². The Bertz CT molecular complexity index is 578. The van der Waals surface area contributed by atoms with Crippen molar-refractivity contribution in [2.24, 2.45) is 11.7 Å². The van der Waals surface area contributed by atoms with Crippen molar-refractivity contribution in [2.75, 3.05) is 5.32 Å². The van der Waals surface area contributed by atoms with Gasteiger partial charge in [-0.15, -0.1) is 0 Å². The Morgan fingerprint density at radius 1 is 1.35 bits per heavy atom. The molecule has 4 N–H and O–H groups in total. The van der Waals surface area contributed by atoms with Crippen LogP contribution in [0.25, 0.3) is 6.08 Å². The summed E-state index contributed by atoms with van der Waals surface area (Å²) in [5, 5.41) is 11.4. The minimum absolute atomic E-state index is 0.0596. The van der Waals surface area contributed by atoms with Crippen molar-refractivity contribution in [1.29, 1.82) is 0 Å². The van der Waals surface area contributed by atoms with E-state index >= 15 is 0 Å². The molecule has 0 saturated heterocycles. The summed E-state index contributed by atoms with van der Waals surface area (Å²) in [5.74, 6) is -1.32. The number of hydrogen-bond acceptors (Lipinski definition) is 3. The fraction of sp³-hybridized carbons (Fsp3) is 0.200. The maximum atomic E-state index is 12.0. The van der Waals surface area contributed by atoms with Crippen molar-refractivity contribution < 1.29 is 14.7 Å². The zero-order valence-corrected chi connectivity index (χ0v) is 10.8. The minimum atomic E-state index is -1.01. The van der Waals surface area contributed by atoms with Crippen LogP contribution in [0.4, 0.5) is 5.69 Å². The van der Waals surface area contributed by atoms with Crippen LogP contribution < -0.4 is 11.1 Å². The molecule has 1 amide bonds.